The van der Waals surface area contributed by atoms with E-state index in [0.717, 1.165) is 23.3 Å². The predicted molar refractivity (Wildman–Crippen MR) is 127 cm³/mol. The molecule has 2 amide bonds. The highest BCUT2D eigenvalue weighted by molar-refractivity contribution is 6.46. The molecule has 4 rings (SSSR count). The van der Waals surface area contributed by atoms with Crippen molar-refractivity contribution in [3.05, 3.63) is 95.4 Å². The zero-order valence-electron chi connectivity index (χ0n) is 18.6. The molecule has 0 unspecified atom stereocenters. The molecular weight excluding hydrogens is 419 g/mol. The summed E-state index contributed by atoms with van der Waals surface area (Å²) in [6.07, 6.45) is 1.78. The largest absolute Gasteiger partial charge is 0.494 e. The normalized spacial score (nSPS) is 13.6. The third kappa shape index (κ3) is 4.65. The minimum atomic E-state index is -0.536. The topological polar surface area (TPSA) is 58.6 Å². The van der Waals surface area contributed by atoms with Crippen LogP contribution in [0.25, 0.3) is 5.57 Å². The van der Waals surface area contributed by atoms with Crippen molar-refractivity contribution in [3.8, 4) is 5.75 Å². The van der Waals surface area contributed by atoms with Crippen molar-refractivity contribution < 1.29 is 18.7 Å². The summed E-state index contributed by atoms with van der Waals surface area (Å²) in [7, 11) is 0. The van der Waals surface area contributed by atoms with Gasteiger partial charge in [0.15, 0.2) is 0 Å². The Morgan fingerprint density at radius 3 is 2.27 bits per heavy atom. The van der Waals surface area contributed by atoms with E-state index in [9.17, 15) is 14.0 Å². The Morgan fingerprint density at radius 2 is 1.64 bits per heavy atom. The second-order valence-electron chi connectivity index (χ2n) is 7.72. The molecule has 1 aliphatic rings. The molecule has 168 valence electrons. The molecule has 0 atom stereocenters. The fourth-order valence-electron chi connectivity index (χ4n) is 3.67. The van der Waals surface area contributed by atoms with Gasteiger partial charge < -0.3 is 10.1 Å². The molecule has 5 nitrogen and oxygen atoms in total. The summed E-state index contributed by atoms with van der Waals surface area (Å²) in [5.74, 6) is -0.889. The molecule has 0 spiro atoms. The van der Waals surface area contributed by atoms with Crippen LogP contribution in [0.15, 0.2) is 78.5 Å². The highest BCUT2D eigenvalue weighted by Crippen LogP contribution is 2.34. The van der Waals surface area contributed by atoms with Gasteiger partial charge in [-0.2, -0.15) is 0 Å². The zero-order valence-corrected chi connectivity index (χ0v) is 18.6. The van der Waals surface area contributed by atoms with E-state index >= 15 is 0 Å². The lowest BCUT2D eigenvalue weighted by Crippen LogP contribution is -2.32. The van der Waals surface area contributed by atoms with Crippen LogP contribution in [0.2, 0.25) is 0 Å². The SMILES string of the molecule is CCCOc1ccc(C2=C(Nc3ccc(CC)cc3)C(=O)N(c3cccc(F)c3)C2=O)cc1. The van der Waals surface area contributed by atoms with Crippen LogP contribution in [-0.2, 0) is 16.0 Å². The summed E-state index contributed by atoms with van der Waals surface area (Å²) in [5, 5.41) is 3.13. The third-order valence-electron chi connectivity index (χ3n) is 5.40. The highest BCUT2D eigenvalue weighted by atomic mass is 19.1. The molecule has 0 saturated heterocycles. The summed E-state index contributed by atoms with van der Waals surface area (Å²) in [5.41, 5.74) is 2.98. The van der Waals surface area contributed by atoms with Gasteiger partial charge in [-0.3, -0.25) is 9.59 Å². The van der Waals surface area contributed by atoms with Gasteiger partial charge in [0.25, 0.3) is 11.8 Å². The summed E-state index contributed by atoms with van der Waals surface area (Å²) in [6, 6.07) is 20.2. The number of imide groups is 1. The van der Waals surface area contributed by atoms with Crippen LogP contribution >= 0.6 is 0 Å². The van der Waals surface area contributed by atoms with Gasteiger partial charge in [0.1, 0.15) is 17.3 Å². The number of hydrogen-bond donors (Lipinski definition) is 1. The fraction of sp³-hybridized carbons (Fsp3) is 0.185. The number of hydrogen-bond acceptors (Lipinski definition) is 4. The number of amides is 2. The van der Waals surface area contributed by atoms with Gasteiger partial charge in [-0.05, 0) is 66.4 Å². The molecule has 0 aliphatic carbocycles. The van der Waals surface area contributed by atoms with Crippen molar-refractivity contribution in [2.45, 2.75) is 26.7 Å². The first-order chi connectivity index (χ1) is 16.0. The molecule has 6 heteroatoms. The van der Waals surface area contributed by atoms with Crippen molar-refractivity contribution in [2.75, 3.05) is 16.8 Å². The zero-order chi connectivity index (χ0) is 23.4. The lowest BCUT2D eigenvalue weighted by molar-refractivity contribution is -0.120. The lowest BCUT2D eigenvalue weighted by Gasteiger charge is -2.15. The number of nitrogens with zero attached hydrogens (tertiary/aromatic N) is 1. The molecule has 0 radical (unpaired) electrons. The molecule has 0 aromatic heterocycles. The van der Waals surface area contributed by atoms with Gasteiger partial charge in [0.2, 0.25) is 0 Å². The Bertz CT molecular complexity index is 1200. The molecule has 0 saturated carbocycles. The van der Waals surface area contributed by atoms with E-state index in [2.05, 4.69) is 12.2 Å². The van der Waals surface area contributed by atoms with Gasteiger partial charge in [0, 0.05) is 5.69 Å². The average Bonchev–Trinajstić information content (AvgIpc) is 3.07. The van der Waals surface area contributed by atoms with Crippen LogP contribution in [0.1, 0.15) is 31.4 Å². The number of carbonyl (C=O) groups excluding carboxylic acids is 2. The monoisotopic (exact) mass is 444 g/mol. The number of rotatable bonds is 8. The maximum absolute atomic E-state index is 13.9. The number of carbonyl (C=O) groups is 2. The number of halogens is 1. The molecule has 3 aromatic rings. The maximum Gasteiger partial charge on any atom is 0.282 e. The van der Waals surface area contributed by atoms with Gasteiger partial charge in [-0.25, -0.2) is 9.29 Å². The molecule has 33 heavy (non-hydrogen) atoms. The van der Waals surface area contributed by atoms with Crippen LogP contribution < -0.4 is 15.0 Å². The quantitative estimate of drug-likeness (QED) is 0.461. The molecule has 1 heterocycles. The van der Waals surface area contributed by atoms with Crippen LogP contribution in [0.4, 0.5) is 15.8 Å². The Balaban J connectivity index is 1.75. The number of benzene rings is 3. The second-order valence-corrected chi connectivity index (χ2v) is 7.72. The van der Waals surface area contributed by atoms with Gasteiger partial charge in [-0.15, -0.1) is 0 Å². The van der Waals surface area contributed by atoms with E-state index in [1.165, 1.54) is 24.3 Å². The summed E-state index contributed by atoms with van der Waals surface area (Å²) in [6.45, 7) is 4.67. The van der Waals surface area contributed by atoms with E-state index in [4.69, 9.17) is 4.74 Å². The number of ether oxygens (including phenoxy) is 1. The molecular formula is C27H25FN2O3. The van der Waals surface area contributed by atoms with E-state index in [1.807, 2.05) is 31.2 Å². The standard InChI is InChI=1S/C27H25FN2O3/c1-3-16-33-23-14-10-19(11-15-23)24-25(29-21-12-8-18(4-2)9-13-21)27(32)30(26(24)31)22-7-5-6-20(28)17-22/h5-15,17,29H,3-4,16H2,1-2H3. The Morgan fingerprint density at radius 1 is 0.909 bits per heavy atom. The third-order valence-corrected chi connectivity index (χ3v) is 5.40. The Hall–Kier alpha value is -3.93. The summed E-state index contributed by atoms with van der Waals surface area (Å²) < 4.78 is 19.5. The molecule has 1 N–H and O–H groups in total. The molecule has 1 aliphatic heterocycles. The predicted octanol–water partition coefficient (Wildman–Crippen LogP) is 5.57. The first kappa shape index (κ1) is 22.3. The Labute approximate surface area is 192 Å². The molecule has 3 aromatic carbocycles. The highest BCUT2D eigenvalue weighted by Gasteiger charge is 2.40. The number of anilines is 2. The first-order valence-corrected chi connectivity index (χ1v) is 11.0. The van der Waals surface area contributed by atoms with E-state index in [0.29, 0.717) is 23.6 Å². The fourth-order valence-corrected chi connectivity index (χ4v) is 3.67. The second kappa shape index (κ2) is 9.69. The van der Waals surface area contributed by atoms with E-state index in [1.54, 1.807) is 24.3 Å². The van der Waals surface area contributed by atoms with Crippen molar-refractivity contribution >= 4 is 28.8 Å². The van der Waals surface area contributed by atoms with Crippen LogP contribution in [0.3, 0.4) is 0 Å². The van der Waals surface area contributed by atoms with Crippen molar-refractivity contribution in [1.82, 2.24) is 0 Å². The minimum absolute atomic E-state index is 0.149. The lowest BCUT2D eigenvalue weighted by atomic mass is 10.0. The Kier molecular flexibility index (Phi) is 6.54. The van der Waals surface area contributed by atoms with Crippen LogP contribution in [-0.4, -0.2) is 18.4 Å². The van der Waals surface area contributed by atoms with E-state index in [-0.39, 0.29) is 17.0 Å². The number of aryl methyl sites for hydroxylation is 1. The van der Waals surface area contributed by atoms with Gasteiger partial charge >= 0.3 is 0 Å². The van der Waals surface area contributed by atoms with Crippen LogP contribution in [0, 0.1) is 5.82 Å². The maximum atomic E-state index is 13.9. The summed E-state index contributed by atoms with van der Waals surface area (Å²) >= 11 is 0. The van der Waals surface area contributed by atoms with Crippen molar-refractivity contribution in [3.63, 3.8) is 0 Å². The minimum Gasteiger partial charge on any atom is -0.494 e. The van der Waals surface area contributed by atoms with Gasteiger partial charge in [-0.1, -0.05) is 44.2 Å². The van der Waals surface area contributed by atoms with Gasteiger partial charge in [0.05, 0.1) is 17.9 Å². The first-order valence-electron chi connectivity index (χ1n) is 11.0. The van der Waals surface area contributed by atoms with E-state index < -0.39 is 17.6 Å². The molecule has 0 fully saturated rings. The molecule has 0 bridgehead atoms. The smallest absolute Gasteiger partial charge is 0.282 e. The van der Waals surface area contributed by atoms with Crippen molar-refractivity contribution in [2.24, 2.45) is 0 Å². The van der Waals surface area contributed by atoms with Crippen molar-refractivity contribution in [1.29, 1.82) is 0 Å². The average molecular weight is 445 g/mol. The number of nitrogens with one attached hydrogen (secondary N) is 1. The summed E-state index contributed by atoms with van der Waals surface area (Å²) in [4.78, 5) is 27.8. The van der Waals surface area contributed by atoms with Crippen LogP contribution in [0.5, 0.6) is 5.75 Å².